The van der Waals surface area contributed by atoms with Gasteiger partial charge in [-0.3, -0.25) is 0 Å². The van der Waals surface area contributed by atoms with E-state index < -0.39 is 5.63 Å². The third-order valence-electron chi connectivity index (χ3n) is 8.15. The van der Waals surface area contributed by atoms with Crippen LogP contribution in [0.3, 0.4) is 0 Å². The summed E-state index contributed by atoms with van der Waals surface area (Å²) in [6, 6.07) is 27.2. The minimum Gasteiger partial charge on any atom is -0.422 e. The Morgan fingerprint density at radius 2 is 1.02 bits per heavy atom. The summed E-state index contributed by atoms with van der Waals surface area (Å²) in [6.07, 6.45) is 0. The summed E-state index contributed by atoms with van der Waals surface area (Å²) in [5.74, 6) is 0. The maximum absolute atomic E-state index is 13.1. The SMILES string of the molecule is CCN(CC)c1ccc2c(C)c(-c3ccc(-c4ccc(-c5c(C)c6ccc(N)cc6oc5=O)cc4)cc3)c(=O)oc2c1. The first-order chi connectivity index (χ1) is 20.3. The van der Waals surface area contributed by atoms with E-state index in [-0.39, 0.29) is 5.63 Å². The molecule has 6 nitrogen and oxygen atoms in total. The Kier molecular flexibility index (Phi) is 6.91. The van der Waals surface area contributed by atoms with Crippen LogP contribution in [0.4, 0.5) is 11.4 Å². The molecule has 6 heteroatoms. The maximum atomic E-state index is 13.1. The number of anilines is 2. The molecule has 0 aliphatic carbocycles. The molecule has 2 heterocycles. The van der Waals surface area contributed by atoms with E-state index >= 15 is 0 Å². The highest BCUT2D eigenvalue weighted by atomic mass is 16.4. The van der Waals surface area contributed by atoms with Crippen LogP contribution in [0.15, 0.2) is 103 Å². The molecule has 0 atom stereocenters. The predicted octanol–water partition coefficient (Wildman–Crippen LogP) is 7.95. The highest BCUT2D eigenvalue weighted by Gasteiger charge is 2.16. The second-order valence-corrected chi connectivity index (χ2v) is 10.5. The monoisotopic (exact) mass is 556 g/mol. The number of hydrogen-bond donors (Lipinski definition) is 1. The normalized spacial score (nSPS) is 11.3. The number of hydrogen-bond acceptors (Lipinski definition) is 6. The van der Waals surface area contributed by atoms with E-state index in [0.717, 1.165) is 62.9 Å². The third-order valence-corrected chi connectivity index (χ3v) is 8.15. The summed E-state index contributed by atoms with van der Waals surface area (Å²) in [7, 11) is 0. The van der Waals surface area contributed by atoms with Gasteiger partial charge in [-0.05, 0) is 85.3 Å². The van der Waals surface area contributed by atoms with Gasteiger partial charge in [-0.1, -0.05) is 48.5 Å². The zero-order valence-corrected chi connectivity index (χ0v) is 24.2. The fourth-order valence-electron chi connectivity index (χ4n) is 5.83. The van der Waals surface area contributed by atoms with Crippen LogP contribution in [0.5, 0.6) is 0 Å². The summed E-state index contributed by atoms with van der Waals surface area (Å²) in [6.45, 7) is 9.88. The van der Waals surface area contributed by atoms with Crippen molar-refractivity contribution in [3.8, 4) is 33.4 Å². The van der Waals surface area contributed by atoms with Crippen molar-refractivity contribution in [3.63, 3.8) is 0 Å². The highest BCUT2D eigenvalue weighted by Crippen LogP contribution is 2.32. The first-order valence-corrected chi connectivity index (χ1v) is 14.2. The Balaban J connectivity index is 1.31. The summed E-state index contributed by atoms with van der Waals surface area (Å²) in [4.78, 5) is 28.2. The summed E-state index contributed by atoms with van der Waals surface area (Å²) in [5.41, 5.74) is 14.2. The van der Waals surface area contributed by atoms with E-state index in [9.17, 15) is 9.59 Å². The molecule has 0 saturated carbocycles. The van der Waals surface area contributed by atoms with Gasteiger partial charge in [0.1, 0.15) is 11.2 Å². The van der Waals surface area contributed by atoms with Gasteiger partial charge in [0, 0.05) is 47.4 Å². The van der Waals surface area contributed by atoms with Crippen molar-refractivity contribution < 1.29 is 8.83 Å². The van der Waals surface area contributed by atoms with E-state index in [2.05, 4.69) is 24.8 Å². The van der Waals surface area contributed by atoms with E-state index in [0.29, 0.717) is 28.0 Å². The molecule has 0 aliphatic rings. The van der Waals surface area contributed by atoms with Crippen LogP contribution in [-0.4, -0.2) is 13.1 Å². The van der Waals surface area contributed by atoms with Crippen molar-refractivity contribution in [2.24, 2.45) is 0 Å². The molecule has 0 aliphatic heterocycles. The van der Waals surface area contributed by atoms with Crippen molar-refractivity contribution in [2.45, 2.75) is 27.7 Å². The van der Waals surface area contributed by atoms with Crippen LogP contribution >= 0.6 is 0 Å². The van der Waals surface area contributed by atoms with Gasteiger partial charge in [-0.15, -0.1) is 0 Å². The van der Waals surface area contributed by atoms with Crippen molar-refractivity contribution in [2.75, 3.05) is 23.7 Å². The molecule has 0 unspecified atom stereocenters. The van der Waals surface area contributed by atoms with Crippen LogP contribution < -0.4 is 21.9 Å². The first kappa shape index (κ1) is 27.1. The molecule has 0 amide bonds. The largest absolute Gasteiger partial charge is 0.422 e. The van der Waals surface area contributed by atoms with Gasteiger partial charge in [-0.2, -0.15) is 0 Å². The average molecular weight is 557 g/mol. The molecule has 6 rings (SSSR count). The molecule has 0 bridgehead atoms. The molecule has 4 aromatic carbocycles. The van der Waals surface area contributed by atoms with Crippen LogP contribution in [-0.2, 0) is 0 Å². The minimum atomic E-state index is -0.392. The lowest BCUT2D eigenvalue weighted by atomic mass is 9.95. The van der Waals surface area contributed by atoms with Gasteiger partial charge in [0.2, 0.25) is 0 Å². The van der Waals surface area contributed by atoms with E-state index in [1.165, 1.54) is 0 Å². The second-order valence-electron chi connectivity index (χ2n) is 10.5. The van der Waals surface area contributed by atoms with Crippen LogP contribution in [0.2, 0.25) is 0 Å². The van der Waals surface area contributed by atoms with Gasteiger partial charge in [0.05, 0.1) is 11.1 Å². The summed E-state index contributed by atoms with van der Waals surface area (Å²) < 4.78 is 11.4. The van der Waals surface area contributed by atoms with E-state index in [1.807, 2.05) is 80.6 Å². The Morgan fingerprint density at radius 3 is 1.50 bits per heavy atom. The second kappa shape index (κ2) is 10.7. The van der Waals surface area contributed by atoms with Crippen LogP contribution in [0, 0.1) is 13.8 Å². The molecule has 6 aromatic rings. The third kappa shape index (κ3) is 4.65. The Morgan fingerprint density at radius 1 is 0.595 bits per heavy atom. The minimum absolute atomic E-state index is 0.346. The molecule has 2 aromatic heterocycles. The molecule has 2 N–H and O–H groups in total. The van der Waals surface area contributed by atoms with Gasteiger partial charge in [0.15, 0.2) is 0 Å². The quantitative estimate of drug-likeness (QED) is 0.165. The number of nitrogen functional groups attached to an aromatic ring is 1. The number of rotatable bonds is 6. The molecular weight excluding hydrogens is 524 g/mol. The maximum Gasteiger partial charge on any atom is 0.344 e. The highest BCUT2D eigenvalue weighted by molar-refractivity contribution is 5.90. The Bertz CT molecular complexity index is 2070. The number of aryl methyl sites for hydroxylation is 2. The fourth-order valence-corrected chi connectivity index (χ4v) is 5.83. The lowest BCUT2D eigenvalue weighted by molar-refractivity contribution is 0.562. The zero-order valence-electron chi connectivity index (χ0n) is 24.2. The van der Waals surface area contributed by atoms with Gasteiger partial charge < -0.3 is 19.5 Å². The Hall–Kier alpha value is -5.10. The van der Waals surface area contributed by atoms with Crippen molar-refractivity contribution in [1.82, 2.24) is 0 Å². The van der Waals surface area contributed by atoms with E-state index in [1.54, 1.807) is 12.1 Å². The summed E-state index contributed by atoms with van der Waals surface area (Å²) in [5, 5.41) is 1.79. The molecular formula is C36H32N2O4. The zero-order chi connectivity index (χ0) is 29.5. The number of nitrogens with two attached hydrogens (primary N) is 1. The average Bonchev–Trinajstić information content (AvgIpc) is 2.98. The molecule has 42 heavy (non-hydrogen) atoms. The van der Waals surface area contributed by atoms with Crippen LogP contribution in [0.25, 0.3) is 55.3 Å². The lowest BCUT2D eigenvalue weighted by Crippen LogP contribution is -2.21. The van der Waals surface area contributed by atoms with Gasteiger partial charge in [-0.25, -0.2) is 9.59 Å². The van der Waals surface area contributed by atoms with Gasteiger partial charge in [0.25, 0.3) is 0 Å². The number of benzene rings is 4. The molecule has 0 fully saturated rings. The fraction of sp³-hybridized carbons (Fsp3) is 0.167. The van der Waals surface area contributed by atoms with E-state index in [4.69, 9.17) is 14.6 Å². The summed E-state index contributed by atoms with van der Waals surface area (Å²) >= 11 is 0. The van der Waals surface area contributed by atoms with Crippen molar-refractivity contribution in [1.29, 1.82) is 0 Å². The standard InChI is InChI=1S/C36H32N2O4/c1-5-38(6-2)28-16-18-30-22(4)34(36(40)42-32(30)20-28)26-13-9-24(10-14-26)23-7-11-25(12-8-23)33-21(3)29-17-15-27(37)19-31(29)41-35(33)39/h7-20H,5-6,37H2,1-4H3. The number of nitrogens with zero attached hydrogens (tertiary/aromatic N) is 1. The molecule has 210 valence electrons. The predicted molar refractivity (Wildman–Crippen MR) is 172 cm³/mol. The smallest absolute Gasteiger partial charge is 0.344 e. The topological polar surface area (TPSA) is 89.7 Å². The molecule has 0 radical (unpaired) electrons. The molecule has 0 spiro atoms. The van der Waals surface area contributed by atoms with Crippen LogP contribution in [0.1, 0.15) is 25.0 Å². The number of fused-ring (bicyclic) bond motifs is 2. The van der Waals surface area contributed by atoms with Gasteiger partial charge >= 0.3 is 11.3 Å². The molecule has 0 saturated heterocycles. The Labute approximate surface area is 243 Å². The van der Waals surface area contributed by atoms with Crippen molar-refractivity contribution >= 4 is 33.3 Å². The first-order valence-electron chi connectivity index (χ1n) is 14.2. The lowest BCUT2D eigenvalue weighted by Gasteiger charge is -2.21. The van der Waals surface area contributed by atoms with Crippen molar-refractivity contribution in [3.05, 3.63) is 117 Å².